The first kappa shape index (κ1) is 79.3. The van der Waals surface area contributed by atoms with Gasteiger partial charge in [0.15, 0.2) is 25.2 Å². The second kappa shape index (κ2) is 45.3. The number of amides is 2. The summed E-state index contributed by atoms with van der Waals surface area (Å²) >= 11 is 0. The first-order valence-corrected chi connectivity index (χ1v) is 33.9. The molecule has 4 fully saturated rings. The van der Waals surface area contributed by atoms with Gasteiger partial charge < -0.3 is 115 Å². The van der Waals surface area contributed by atoms with Crippen molar-refractivity contribution < 1.29 is 114 Å². The van der Waals surface area contributed by atoms with Crippen molar-refractivity contribution in [2.45, 2.75) is 348 Å². The maximum Gasteiger partial charge on any atom is 0.220 e. The molecule has 0 aromatic heterocycles. The van der Waals surface area contributed by atoms with Crippen molar-refractivity contribution in [1.82, 2.24) is 10.6 Å². The van der Waals surface area contributed by atoms with E-state index in [4.69, 9.17) is 37.9 Å². The van der Waals surface area contributed by atoms with Crippen LogP contribution in [0.4, 0.5) is 0 Å². The Hall–Kier alpha value is -2.16. The molecule has 15 N–H and O–H groups in total. The standard InChI is InChI=1S/C64H118N2O23/c1-4-6-8-10-12-14-16-18-19-20-21-23-25-27-29-31-33-35-48(73)66-42(43(72)34-32-30-28-26-24-22-17-15-13-11-9-7-5-2)40-82-62-55(79)53(77)58(46(38-69)85-62)87-63-56(80)54(78)59(47(39-70)86-63)88-64-57(81)60(51(75)45(37-68)84-64)89-61-49(65-41(3)71)52(76)50(74)44(36-67)83-61/h32,34,42-47,49-64,67-70,72,74-81H,4-31,33,35-40H2,1-3H3,(H,65,71)(H,66,73)/b34-32+/t42-,43+,44+,45+,46+,47+,49+,50-,51-,52+,53+,54+,55?,56+,57+,58+,59-,60-,61-,62+,63-,64+/m0/s1. The van der Waals surface area contributed by atoms with Gasteiger partial charge in [0, 0.05) is 13.3 Å². The Morgan fingerprint density at radius 3 is 1.28 bits per heavy atom. The predicted octanol–water partition coefficient (Wildman–Crippen LogP) is 2.56. The minimum Gasteiger partial charge on any atom is -0.394 e. The molecular formula is C64H118N2O23. The third-order valence-corrected chi connectivity index (χ3v) is 17.6. The summed E-state index contributed by atoms with van der Waals surface area (Å²) in [5.74, 6) is -1.00. The van der Waals surface area contributed by atoms with Crippen LogP contribution in [0.1, 0.15) is 213 Å². The molecule has 522 valence electrons. The van der Waals surface area contributed by atoms with Gasteiger partial charge >= 0.3 is 0 Å². The maximum atomic E-state index is 13.4. The van der Waals surface area contributed by atoms with Gasteiger partial charge in [0.2, 0.25) is 11.8 Å². The molecule has 0 radical (unpaired) electrons. The van der Waals surface area contributed by atoms with Crippen molar-refractivity contribution in [2.24, 2.45) is 0 Å². The first-order valence-electron chi connectivity index (χ1n) is 33.9. The van der Waals surface area contributed by atoms with Crippen LogP contribution in [0.15, 0.2) is 12.2 Å². The molecule has 4 rings (SSSR count). The normalized spacial score (nSPS) is 33.3. The minimum absolute atomic E-state index is 0.218. The Labute approximate surface area is 528 Å². The zero-order valence-electron chi connectivity index (χ0n) is 53.5. The van der Waals surface area contributed by atoms with Gasteiger partial charge in [-0.05, 0) is 19.3 Å². The monoisotopic (exact) mass is 1280 g/mol. The van der Waals surface area contributed by atoms with Crippen LogP contribution in [0.2, 0.25) is 0 Å². The lowest BCUT2D eigenvalue weighted by atomic mass is 9.95. The van der Waals surface area contributed by atoms with Crippen LogP contribution in [0, 0.1) is 0 Å². The third kappa shape index (κ3) is 27.2. The molecular weight excluding hydrogens is 1160 g/mol. The molecule has 25 nitrogen and oxygen atoms in total. The van der Waals surface area contributed by atoms with E-state index in [0.29, 0.717) is 12.8 Å². The summed E-state index contributed by atoms with van der Waals surface area (Å²) in [6.07, 6.45) is 2.79. The van der Waals surface area contributed by atoms with E-state index in [2.05, 4.69) is 24.5 Å². The lowest BCUT2D eigenvalue weighted by Gasteiger charge is -2.49. The number of hydrogen-bond donors (Lipinski definition) is 15. The molecule has 0 saturated carbocycles. The number of rotatable bonds is 47. The second-order valence-corrected chi connectivity index (χ2v) is 25.0. The van der Waals surface area contributed by atoms with E-state index in [-0.39, 0.29) is 12.3 Å². The Bertz CT molecular complexity index is 1860. The topological polar surface area (TPSA) is 395 Å². The van der Waals surface area contributed by atoms with E-state index in [1.54, 1.807) is 6.08 Å². The summed E-state index contributed by atoms with van der Waals surface area (Å²) in [4.78, 5) is 25.5. The summed E-state index contributed by atoms with van der Waals surface area (Å²) < 4.78 is 46.4. The summed E-state index contributed by atoms with van der Waals surface area (Å²) in [6, 6.07) is -2.53. The number of carbonyl (C=O) groups excluding carboxylic acids is 2. The fourth-order valence-electron chi connectivity index (χ4n) is 12.1. The molecule has 25 heteroatoms. The van der Waals surface area contributed by atoms with Crippen LogP contribution in [-0.4, -0.2) is 246 Å². The highest BCUT2D eigenvalue weighted by Crippen LogP contribution is 2.35. The van der Waals surface area contributed by atoms with Crippen molar-refractivity contribution in [3.05, 3.63) is 12.2 Å². The molecule has 0 spiro atoms. The second-order valence-electron chi connectivity index (χ2n) is 25.0. The molecule has 1 unspecified atom stereocenters. The fourth-order valence-corrected chi connectivity index (χ4v) is 12.1. The molecule has 22 atom stereocenters. The van der Waals surface area contributed by atoms with Gasteiger partial charge in [0.1, 0.15) is 97.6 Å². The zero-order valence-corrected chi connectivity index (χ0v) is 53.5. The fraction of sp³-hybridized carbons (Fsp3) is 0.938. The van der Waals surface area contributed by atoms with Gasteiger partial charge in [-0.25, -0.2) is 0 Å². The largest absolute Gasteiger partial charge is 0.394 e. The number of carbonyl (C=O) groups is 2. The van der Waals surface area contributed by atoms with Crippen LogP contribution in [0.3, 0.4) is 0 Å². The quantitative estimate of drug-likeness (QED) is 0.0307. The van der Waals surface area contributed by atoms with E-state index in [9.17, 15) is 76.0 Å². The highest BCUT2D eigenvalue weighted by Gasteiger charge is 2.56. The Morgan fingerprint density at radius 1 is 0.438 bits per heavy atom. The number of allylic oxidation sites excluding steroid dienone is 1. The van der Waals surface area contributed by atoms with Crippen molar-refractivity contribution in [2.75, 3.05) is 33.0 Å². The van der Waals surface area contributed by atoms with Gasteiger partial charge in [0.25, 0.3) is 0 Å². The van der Waals surface area contributed by atoms with E-state index in [1.165, 1.54) is 128 Å². The smallest absolute Gasteiger partial charge is 0.220 e. The Balaban J connectivity index is 1.32. The van der Waals surface area contributed by atoms with Gasteiger partial charge in [0.05, 0.1) is 45.2 Å². The van der Waals surface area contributed by atoms with Crippen LogP contribution < -0.4 is 10.6 Å². The SMILES string of the molecule is CCCCCCCCCCCCC/C=C/[C@@H](O)[C@H](CO[C@@H]1O[C@H](CO)[C@@H](O[C@@H]2O[C@H](CO)[C@H](O[C@H]3O[C@H](CO)[C@H](O)[C@H](O[C@@H]4O[C@H](CO)[C@H](O)[C@H](O)[C@H]4NC(C)=O)[C@H]3O)[C@H](O)[C@H]2O)[C@H](O)C1O)NC(=O)CCCCCCCCCCCCCCCCCCC. The summed E-state index contributed by atoms with van der Waals surface area (Å²) in [7, 11) is 0. The number of nitrogens with one attached hydrogen (secondary N) is 2. The van der Waals surface area contributed by atoms with Crippen LogP contribution in [0.25, 0.3) is 0 Å². The Kier molecular flexibility index (Phi) is 40.3. The zero-order chi connectivity index (χ0) is 65.1. The van der Waals surface area contributed by atoms with Crippen LogP contribution in [0.5, 0.6) is 0 Å². The van der Waals surface area contributed by atoms with E-state index < -0.39 is 174 Å². The van der Waals surface area contributed by atoms with E-state index in [1.807, 2.05) is 6.08 Å². The van der Waals surface area contributed by atoms with Crippen molar-refractivity contribution in [1.29, 1.82) is 0 Å². The lowest BCUT2D eigenvalue weighted by molar-refractivity contribution is -0.386. The van der Waals surface area contributed by atoms with Gasteiger partial charge in [-0.3, -0.25) is 9.59 Å². The average Bonchev–Trinajstić information content (AvgIpc) is 1.31. The molecule has 0 aliphatic carbocycles. The first-order chi connectivity index (χ1) is 43.0. The molecule has 0 aromatic rings. The van der Waals surface area contributed by atoms with Gasteiger partial charge in [-0.15, -0.1) is 0 Å². The number of unbranched alkanes of at least 4 members (excludes halogenated alkanes) is 27. The number of ether oxygens (including phenoxy) is 8. The lowest BCUT2D eigenvalue weighted by Crippen LogP contribution is -2.69. The predicted molar refractivity (Wildman–Crippen MR) is 326 cm³/mol. The highest BCUT2D eigenvalue weighted by atomic mass is 16.8. The average molecular weight is 1280 g/mol. The molecule has 89 heavy (non-hydrogen) atoms. The number of aliphatic hydroxyl groups is 13. The maximum absolute atomic E-state index is 13.4. The molecule has 4 aliphatic rings. The minimum atomic E-state index is -2.09. The van der Waals surface area contributed by atoms with E-state index in [0.717, 1.165) is 51.9 Å². The highest BCUT2D eigenvalue weighted by molar-refractivity contribution is 5.76. The summed E-state index contributed by atoms with van der Waals surface area (Å²) in [5, 5.41) is 147. The van der Waals surface area contributed by atoms with E-state index >= 15 is 0 Å². The summed E-state index contributed by atoms with van der Waals surface area (Å²) in [5.41, 5.74) is 0. The van der Waals surface area contributed by atoms with Crippen LogP contribution in [-0.2, 0) is 47.5 Å². The van der Waals surface area contributed by atoms with Gasteiger partial charge in [-0.2, -0.15) is 0 Å². The molecule has 2 amide bonds. The van der Waals surface area contributed by atoms with Gasteiger partial charge in [-0.1, -0.05) is 193 Å². The number of aliphatic hydroxyl groups excluding tert-OH is 13. The molecule has 0 aromatic carbocycles. The molecule has 4 heterocycles. The number of hydrogen-bond acceptors (Lipinski definition) is 23. The van der Waals surface area contributed by atoms with Crippen LogP contribution >= 0.6 is 0 Å². The Morgan fingerprint density at radius 2 is 0.820 bits per heavy atom. The summed E-state index contributed by atoms with van der Waals surface area (Å²) in [6.45, 7) is 1.63. The molecule has 0 bridgehead atoms. The van der Waals surface area contributed by atoms with Crippen molar-refractivity contribution >= 4 is 11.8 Å². The van der Waals surface area contributed by atoms with Crippen molar-refractivity contribution in [3.63, 3.8) is 0 Å². The molecule has 4 aliphatic heterocycles. The van der Waals surface area contributed by atoms with Crippen molar-refractivity contribution in [3.8, 4) is 0 Å². The molecule has 4 saturated heterocycles. The third-order valence-electron chi connectivity index (χ3n) is 17.6.